The lowest BCUT2D eigenvalue weighted by Crippen LogP contribution is -1.80. The van der Waals surface area contributed by atoms with Crippen LogP contribution in [0, 0.1) is 0 Å². The van der Waals surface area contributed by atoms with Crippen molar-refractivity contribution in [3.8, 4) is 0 Å². The molecule has 0 atom stereocenters. The summed E-state index contributed by atoms with van der Waals surface area (Å²) in [5.41, 5.74) is 6.04. The van der Waals surface area contributed by atoms with Gasteiger partial charge in [-0.25, -0.2) is 9.97 Å². The summed E-state index contributed by atoms with van der Waals surface area (Å²) in [7, 11) is 0. The molecule has 0 aromatic carbocycles. The van der Waals surface area contributed by atoms with Gasteiger partial charge in [0.1, 0.15) is 6.33 Å². The van der Waals surface area contributed by atoms with Crippen LogP contribution in [0.5, 0.6) is 0 Å². The highest BCUT2D eigenvalue weighted by Gasteiger charge is 1.80. The zero-order valence-corrected chi connectivity index (χ0v) is 4.86. The fourth-order valence-corrected chi connectivity index (χ4v) is 0.508. The average Bonchev–Trinajstić information content (AvgIpc) is 1.91. The van der Waals surface area contributed by atoms with E-state index in [1.807, 2.05) is 0 Å². The Morgan fingerprint density at radius 3 is 2.56 bits per heavy atom. The quantitative estimate of drug-likeness (QED) is 0.585. The first-order chi connectivity index (χ1) is 4.43. The van der Waals surface area contributed by atoms with Crippen LogP contribution in [0.4, 0.5) is 0 Å². The standard InChI is InChI=1S/C6H7N3/c7-2-1-6-3-8-5-9-4-6/h1-5H,7H2. The summed E-state index contributed by atoms with van der Waals surface area (Å²) in [6.45, 7) is 0. The molecule has 46 valence electrons. The first kappa shape index (κ1) is 5.75. The highest BCUT2D eigenvalue weighted by molar-refractivity contribution is 5.45. The predicted octanol–water partition coefficient (Wildman–Crippen LogP) is 0.406. The van der Waals surface area contributed by atoms with Crippen molar-refractivity contribution >= 4 is 6.08 Å². The molecule has 0 radical (unpaired) electrons. The third kappa shape index (κ3) is 1.53. The molecule has 0 aliphatic rings. The SMILES string of the molecule is NC=Cc1cncnc1. The second-order valence-electron chi connectivity index (χ2n) is 1.53. The van der Waals surface area contributed by atoms with Gasteiger partial charge in [-0.1, -0.05) is 0 Å². The largest absolute Gasteiger partial charge is 0.405 e. The van der Waals surface area contributed by atoms with Crippen LogP contribution in [0.25, 0.3) is 6.08 Å². The first-order valence-corrected chi connectivity index (χ1v) is 2.57. The van der Waals surface area contributed by atoms with E-state index in [1.54, 1.807) is 18.5 Å². The first-order valence-electron chi connectivity index (χ1n) is 2.57. The van der Waals surface area contributed by atoms with Crippen LogP contribution in [0.2, 0.25) is 0 Å². The molecule has 3 nitrogen and oxygen atoms in total. The van der Waals surface area contributed by atoms with Crippen molar-refractivity contribution in [3.63, 3.8) is 0 Å². The third-order valence-electron chi connectivity index (χ3n) is 0.869. The zero-order valence-electron chi connectivity index (χ0n) is 4.86. The summed E-state index contributed by atoms with van der Waals surface area (Å²) < 4.78 is 0. The van der Waals surface area contributed by atoms with E-state index in [4.69, 9.17) is 5.73 Å². The van der Waals surface area contributed by atoms with Gasteiger partial charge in [-0.2, -0.15) is 0 Å². The lowest BCUT2D eigenvalue weighted by atomic mass is 10.3. The Kier molecular flexibility index (Phi) is 1.80. The molecule has 0 amide bonds. The van der Waals surface area contributed by atoms with Gasteiger partial charge in [-0.15, -0.1) is 0 Å². The topological polar surface area (TPSA) is 51.8 Å². The molecule has 0 aliphatic carbocycles. The smallest absolute Gasteiger partial charge is 0.115 e. The maximum absolute atomic E-state index is 5.12. The van der Waals surface area contributed by atoms with Crippen LogP contribution in [-0.4, -0.2) is 9.97 Å². The average molecular weight is 121 g/mol. The summed E-state index contributed by atoms with van der Waals surface area (Å²) in [5, 5.41) is 0. The molecule has 1 rings (SSSR count). The molecule has 3 heteroatoms. The van der Waals surface area contributed by atoms with Crippen LogP contribution < -0.4 is 5.73 Å². The third-order valence-corrected chi connectivity index (χ3v) is 0.869. The van der Waals surface area contributed by atoms with Crippen molar-refractivity contribution in [1.82, 2.24) is 9.97 Å². The molecule has 1 heterocycles. The molecule has 2 N–H and O–H groups in total. The number of nitrogens with two attached hydrogens (primary N) is 1. The fraction of sp³-hybridized carbons (Fsp3) is 0. The van der Waals surface area contributed by atoms with Gasteiger partial charge >= 0.3 is 0 Å². The van der Waals surface area contributed by atoms with Gasteiger partial charge in [0, 0.05) is 18.0 Å². The van der Waals surface area contributed by atoms with Crippen LogP contribution >= 0.6 is 0 Å². The van der Waals surface area contributed by atoms with Gasteiger partial charge in [0.05, 0.1) is 0 Å². The van der Waals surface area contributed by atoms with E-state index in [0.29, 0.717) is 0 Å². The lowest BCUT2D eigenvalue weighted by Gasteiger charge is -1.85. The van der Waals surface area contributed by atoms with Crippen molar-refractivity contribution in [3.05, 3.63) is 30.5 Å². The summed E-state index contributed by atoms with van der Waals surface area (Å²) in [5.74, 6) is 0. The van der Waals surface area contributed by atoms with Gasteiger partial charge in [-0.05, 0) is 12.3 Å². The molecule has 0 saturated heterocycles. The Morgan fingerprint density at radius 1 is 1.33 bits per heavy atom. The van der Waals surface area contributed by atoms with Crippen molar-refractivity contribution in [2.24, 2.45) is 5.73 Å². The Hall–Kier alpha value is -1.38. The normalized spacial score (nSPS) is 10.2. The molecular formula is C6H7N3. The minimum Gasteiger partial charge on any atom is -0.405 e. The molecule has 0 bridgehead atoms. The predicted molar refractivity (Wildman–Crippen MR) is 35.3 cm³/mol. The second-order valence-corrected chi connectivity index (χ2v) is 1.53. The Balaban J connectivity index is 2.85. The molecular weight excluding hydrogens is 114 g/mol. The van der Waals surface area contributed by atoms with Crippen molar-refractivity contribution in [2.45, 2.75) is 0 Å². The van der Waals surface area contributed by atoms with E-state index in [9.17, 15) is 0 Å². The van der Waals surface area contributed by atoms with Gasteiger partial charge in [0.25, 0.3) is 0 Å². The Morgan fingerprint density at radius 2 is 2.00 bits per heavy atom. The molecule has 0 aliphatic heterocycles. The molecule has 1 aromatic rings. The zero-order chi connectivity index (χ0) is 6.53. The molecule has 9 heavy (non-hydrogen) atoms. The lowest BCUT2D eigenvalue weighted by molar-refractivity contribution is 1.16. The van der Waals surface area contributed by atoms with Crippen molar-refractivity contribution in [2.75, 3.05) is 0 Å². The van der Waals surface area contributed by atoms with Gasteiger partial charge < -0.3 is 5.73 Å². The van der Waals surface area contributed by atoms with Gasteiger partial charge in [-0.3, -0.25) is 0 Å². The number of rotatable bonds is 1. The van der Waals surface area contributed by atoms with Crippen LogP contribution in [0.3, 0.4) is 0 Å². The maximum Gasteiger partial charge on any atom is 0.115 e. The number of hydrogen-bond donors (Lipinski definition) is 1. The van der Waals surface area contributed by atoms with E-state index in [2.05, 4.69) is 9.97 Å². The molecule has 0 spiro atoms. The monoisotopic (exact) mass is 121 g/mol. The van der Waals surface area contributed by atoms with E-state index in [1.165, 1.54) is 12.5 Å². The maximum atomic E-state index is 5.12. The summed E-state index contributed by atoms with van der Waals surface area (Å²) in [6.07, 6.45) is 8.05. The van der Waals surface area contributed by atoms with E-state index in [0.717, 1.165) is 5.56 Å². The molecule has 0 fully saturated rings. The second kappa shape index (κ2) is 2.81. The van der Waals surface area contributed by atoms with E-state index < -0.39 is 0 Å². The van der Waals surface area contributed by atoms with Crippen molar-refractivity contribution < 1.29 is 0 Å². The highest BCUT2D eigenvalue weighted by Crippen LogP contribution is 1.92. The van der Waals surface area contributed by atoms with E-state index >= 15 is 0 Å². The van der Waals surface area contributed by atoms with Gasteiger partial charge in [0.15, 0.2) is 0 Å². The molecule has 0 unspecified atom stereocenters. The highest BCUT2D eigenvalue weighted by atomic mass is 14.8. The van der Waals surface area contributed by atoms with E-state index in [-0.39, 0.29) is 0 Å². The summed E-state index contributed by atoms with van der Waals surface area (Å²) in [6, 6.07) is 0. The summed E-state index contributed by atoms with van der Waals surface area (Å²) in [4.78, 5) is 7.57. The Labute approximate surface area is 53.3 Å². The van der Waals surface area contributed by atoms with Crippen molar-refractivity contribution in [1.29, 1.82) is 0 Å². The fourth-order valence-electron chi connectivity index (χ4n) is 0.508. The number of aromatic nitrogens is 2. The molecule has 1 aromatic heterocycles. The minimum absolute atomic E-state index is 0.917. The van der Waals surface area contributed by atoms with Gasteiger partial charge in [0.2, 0.25) is 0 Å². The minimum atomic E-state index is 0.917. The molecule has 0 saturated carbocycles. The number of nitrogens with zero attached hydrogens (tertiary/aromatic N) is 2. The summed E-state index contributed by atoms with van der Waals surface area (Å²) >= 11 is 0. The number of hydrogen-bond acceptors (Lipinski definition) is 3. The van der Waals surface area contributed by atoms with Crippen LogP contribution in [0.1, 0.15) is 5.56 Å². The van der Waals surface area contributed by atoms with Crippen LogP contribution in [0.15, 0.2) is 24.9 Å². The Bertz CT molecular complexity index is 193. The van der Waals surface area contributed by atoms with Crippen LogP contribution in [-0.2, 0) is 0 Å².